The molecule has 0 heterocycles. The highest BCUT2D eigenvalue weighted by Gasteiger charge is 2.32. The number of nitrogens with one attached hydrogen (secondary N) is 2. The van der Waals surface area contributed by atoms with Gasteiger partial charge in [0, 0.05) is 0 Å². The maximum Gasteiger partial charge on any atom is 0.416 e. The molecule has 36 heavy (non-hydrogen) atoms. The lowest BCUT2D eigenvalue weighted by molar-refractivity contribution is -0.151. The minimum Gasteiger partial charge on any atom is -0.370 e. The van der Waals surface area contributed by atoms with Crippen molar-refractivity contribution in [1.82, 2.24) is 10.2 Å². The van der Waals surface area contributed by atoms with Crippen LogP contribution in [-0.2, 0) is 32.3 Å². The number of guanidine groups is 1. The van der Waals surface area contributed by atoms with E-state index in [0.717, 1.165) is 6.07 Å². The summed E-state index contributed by atoms with van der Waals surface area (Å²) in [6.07, 6.45) is -3.94. The fraction of sp³-hybridized carbons (Fsp3) is 0.318. The van der Waals surface area contributed by atoms with Crippen LogP contribution in [0.15, 0.2) is 53.5 Å². The van der Waals surface area contributed by atoms with Gasteiger partial charge in [-0.05, 0) is 36.6 Å². The van der Waals surface area contributed by atoms with Crippen molar-refractivity contribution in [3.8, 4) is 0 Å². The van der Waals surface area contributed by atoms with E-state index in [9.17, 15) is 31.2 Å². The van der Waals surface area contributed by atoms with E-state index >= 15 is 0 Å². The zero-order valence-electron chi connectivity index (χ0n) is 19.2. The highest BCUT2D eigenvalue weighted by atomic mass is 32.2. The van der Waals surface area contributed by atoms with Crippen LogP contribution in [0.5, 0.6) is 0 Å². The number of nitrogens with two attached hydrogens (primary N) is 2. The van der Waals surface area contributed by atoms with Crippen LogP contribution < -0.4 is 21.7 Å². The van der Waals surface area contributed by atoms with Gasteiger partial charge < -0.3 is 16.3 Å². The number of carbonyl (C=O) groups excluding carboxylic acids is 2. The van der Waals surface area contributed by atoms with Crippen LogP contribution in [0.1, 0.15) is 41.3 Å². The van der Waals surface area contributed by atoms with Crippen molar-refractivity contribution in [1.29, 1.82) is 0 Å². The third kappa shape index (κ3) is 8.85. The van der Waals surface area contributed by atoms with Crippen LogP contribution in [0.4, 0.5) is 18.9 Å². The van der Waals surface area contributed by atoms with Crippen LogP contribution in [0.3, 0.4) is 0 Å². The van der Waals surface area contributed by atoms with Crippen LogP contribution in [0.25, 0.3) is 0 Å². The number of sulfonamides is 1. The van der Waals surface area contributed by atoms with E-state index in [2.05, 4.69) is 9.71 Å². The van der Waals surface area contributed by atoms with E-state index in [-0.39, 0.29) is 17.9 Å². The first-order valence-corrected chi connectivity index (χ1v) is 12.3. The molecule has 196 valence electrons. The number of alkyl halides is 3. The molecule has 0 aliphatic heterocycles. The van der Waals surface area contributed by atoms with Crippen molar-refractivity contribution < 1.29 is 36.0 Å². The molecule has 0 fully saturated rings. The molecule has 0 aromatic heterocycles. The second-order valence-corrected chi connectivity index (χ2v) is 9.52. The summed E-state index contributed by atoms with van der Waals surface area (Å²) < 4.78 is 66.4. The Hall–Kier alpha value is -3.65. The normalized spacial score (nSPS) is 12.4. The molecule has 2 aromatic carbocycles. The lowest BCUT2D eigenvalue weighted by atomic mass is 10.1. The lowest BCUT2D eigenvalue weighted by Gasteiger charge is -2.18. The molecule has 10 nitrogen and oxygen atoms in total. The first-order valence-electron chi connectivity index (χ1n) is 10.7. The summed E-state index contributed by atoms with van der Waals surface area (Å²) in [6, 6.07) is 9.02. The van der Waals surface area contributed by atoms with E-state index in [1.807, 2.05) is 0 Å². The number of amides is 1. The number of halogens is 3. The van der Waals surface area contributed by atoms with Crippen molar-refractivity contribution in [2.45, 2.75) is 38.4 Å². The van der Waals surface area contributed by atoms with Crippen molar-refractivity contribution in [3.05, 3.63) is 65.2 Å². The second-order valence-electron chi connectivity index (χ2n) is 7.65. The van der Waals surface area contributed by atoms with Gasteiger partial charge in [-0.15, -0.1) is 0 Å². The predicted octanol–water partition coefficient (Wildman–Crippen LogP) is 2.13. The van der Waals surface area contributed by atoms with Crippen molar-refractivity contribution in [3.63, 3.8) is 0 Å². The second kappa shape index (κ2) is 12.4. The molecular formula is C22H26F3N5O5S. The minimum atomic E-state index is -4.78. The summed E-state index contributed by atoms with van der Waals surface area (Å²) in [5, 5.41) is 0. The number of hydrogen-bond acceptors (Lipinski definition) is 6. The summed E-state index contributed by atoms with van der Waals surface area (Å²) in [7, 11) is -3.88. The molecule has 0 bridgehead atoms. The maximum absolute atomic E-state index is 13.1. The fourth-order valence-corrected chi connectivity index (χ4v) is 4.39. The molecule has 0 unspecified atom stereocenters. The molecule has 0 aliphatic rings. The summed E-state index contributed by atoms with van der Waals surface area (Å²) in [6.45, 7) is 1.80. The third-order valence-electron chi connectivity index (χ3n) is 4.72. The average molecular weight is 530 g/mol. The largest absolute Gasteiger partial charge is 0.416 e. The SMILES string of the molecule is CCCCS(=O)(=O)N[C@@H](Cc1ccccc1)C(=O)ONC(=O)c1cc(C(F)(F)F)ccc1N=C(N)N. The topological polar surface area (TPSA) is 166 Å². The zero-order valence-corrected chi connectivity index (χ0v) is 20.0. The van der Waals surface area contributed by atoms with Gasteiger partial charge in [-0.25, -0.2) is 22.9 Å². The first kappa shape index (κ1) is 28.6. The molecule has 0 spiro atoms. The summed E-state index contributed by atoms with van der Waals surface area (Å²) in [4.78, 5) is 33.7. The Morgan fingerprint density at radius 1 is 1.11 bits per heavy atom. The minimum absolute atomic E-state index is 0.107. The Morgan fingerprint density at radius 2 is 1.78 bits per heavy atom. The Kier molecular flexibility index (Phi) is 9.81. The van der Waals surface area contributed by atoms with E-state index in [0.29, 0.717) is 30.5 Å². The number of rotatable bonds is 10. The average Bonchev–Trinajstić information content (AvgIpc) is 2.80. The van der Waals surface area contributed by atoms with E-state index in [4.69, 9.17) is 16.3 Å². The molecule has 0 radical (unpaired) electrons. The third-order valence-corrected chi connectivity index (χ3v) is 6.19. The van der Waals surface area contributed by atoms with E-state index < -0.39 is 51.2 Å². The molecule has 6 N–H and O–H groups in total. The van der Waals surface area contributed by atoms with Crippen molar-refractivity contribution in [2.24, 2.45) is 16.5 Å². The summed E-state index contributed by atoms with van der Waals surface area (Å²) in [5.41, 5.74) is 10.8. The Morgan fingerprint density at radius 3 is 2.36 bits per heavy atom. The Balaban J connectivity index is 2.25. The van der Waals surface area contributed by atoms with Gasteiger partial charge in [0.15, 0.2) is 5.96 Å². The Labute approximate surface area is 205 Å². The number of carbonyl (C=O) groups is 2. The monoisotopic (exact) mass is 529 g/mol. The molecule has 1 amide bonds. The molecule has 14 heteroatoms. The standard InChI is InChI=1S/C22H26F3N5O5S/c1-2-3-11-36(33,34)30-18(12-14-7-5-4-6-8-14)20(32)35-29-19(31)16-13-15(22(23,24)25)9-10-17(16)28-21(26)27/h4-10,13,18,30H,2-3,11-12H2,1H3,(H,29,31)(H4,26,27,28)/t18-/m0/s1. The highest BCUT2D eigenvalue weighted by Crippen LogP contribution is 2.32. The van der Waals surface area contributed by atoms with Crippen LogP contribution in [0, 0.1) is 0 Å². The molecule has 2 aromatic rings. The first-order chi connectivity index (χ1) is 16.8. The van der Waals surface area contributed by atoms with Crippen LogP contribution in [0.2, 0.25) is 0 Å². The van der Waals surface area contributed by atoms with E-state index in [1.54, 1.807) is 42.7 Å². The van der Waals surface area contributed by atoms with Crippen LogP contribution in [-0.4, -0.2) is 38.0 Å². The molecule has 0 saturated heterocycles. The maximum atomic E-state index is 13.1. The van der Waals surface area contributed by atoms with Crippen molar-refractivity contribution in [2.75, 3.05) is 5.75 Å². The van der Waals surface area contributed by atoms with E-state index in [1.165, 1.54) is 0 Å². The zero-order chi connectivity index (χ0) is 26.9. The van der Waals surface area contributed by atoms with Gasteiger partial charge in [0.2, 0.25) is 10.0 Å². The van der Waals surface area contributed by atoms with Crippen molar-refractivity contribution >= 4 is 33.5 Å². The molecule has 2 rings (SSSR count). The van der Waals surface area contributed by atoms with Gasteiger partial charge in [0.1, 0.15) is 6.04 Å². The smallest absolute Gasteiger partial charge is 0.370 e. The molecule has 1 atom stereocenters. The Bertz CT molecular complexity index is 1200. The predicted molar refractivity (Wildman–Crippen MR) is 126 cm³/mol. The van der Waals surface area contributed by atoms with Crippen LogP contribution >= 0.6 is 0 Å². The number of hydroxylamine groups is 1. The van der Waals surface area contributed by atoms with Gasteiger partial charge >= 0.3 is 12.1 Å². The fourth-order valence-electron chi connectivity index (χ4n) is 2.99. The molecular weight excluding hydrogens is 503 g/mol. The lowest BCUT2D eigenvalue weighted by Crippen LogP contribution is -2.46. The van der Waals surface area contributed by atoms with Gasteiger partial charge in [0.25, 0.3) is 5.91 Å². The van der Waals surface area contributed by atoms with Gasteiger partial charge in [-0.1, -0.05) is 43.7 Å². The number of benzene rings is 2. The molecule has 0 aliphatic carbocycles. The van der Waals surface area contributed by atoms with Gasteiger partial charge in [-0.2, -0.15) is 18.7 Å². The number of aliphatic imine (C=N–C) groups is 1. The highest BCUT2D eigenvalue weighted by molar-refractivity contribution is 7.89. The summed E-state index contributed by atoms with van der Waals surface area (Å²) in [5.74, 6) is -3.20. The van der Waals surface area contributed by atoms with Gasteiger partial charge in [-0.3, -0.25) is 4.79 Å². The molecule has 0 saturated carbocycles. The number of nitrogens with zero attached hydrogens (tertiary/aromatic N) is 1. The van der Waals surface area contributed by atoms with Gasteiger partial charge in [0.05, 0.1) is 22.6 Å². The summed E-state index contributed by atoms with van der Waals surface area (Å²) >= 11 is 0. The number of hydrogen-bond donors (Lipinski definition) is 4. The number of unbranched alkanes of at least 4 members (excludes halogenated alkanes) is 1. The quantitative estimate of drug-likeness (QED) is 0.208.